The van der Waals surface area contributed by atoms with Gasteiger partial charge in [-0.2, -0.15) is 0 Å². The number of nitrogens with one attached hydrogen (secondary N) is 1. The van der Waals surface area contributed by atoms with Crippen LogP contribution in [0.15, 0.2) is 24.3 Å². The molecule has 1 aromatic carbocycles. The van der Waals surface area contributed by atoms with E-state index in [1.54, 1.807) is 0 Å². The van der Waals surface area contributed by atoms with Crippen LogP contribution in [-0.2, 0) is 20.7 Å². The van der Waals surface area contributed by atoms with Crippen molar-refractivity contribution in [2.24, 2.45) is 11.8 Å². The zero-order valence-electron chi connectivity index (χ0n) is 12.9. The molecule has 1 aromatic rings. The lowest BCUT2D eigenvalue weighted by Gasteiger charge is -2.30. The summed E-state index contributed by atoms with van der Waals surface area (Å²) >= 11 is 0. The number of carboxylic acids is 1. The summed E-state index contributed by atoms with van der Waals surface area (Å²) < 4.78 is 5.70. The van der Waals surface area contributed by atoms with Gasteiger partial charge in [0.25, 0.3) is 0 Å². The molecule has 1 aliphatic carbocycles. The number of fused-ring (bicyclic) bond motifs is 3. The van der Waals surface area contributed by atoms with Crippen molar-refractivity contribution in [3.63, 3.8) is 0 Å². The highest BCUT2D eigenvalue weighted by Gasteiger charge is 2.55. The smallest absolute Gasteiger partial charge is 0.310 e. The minimum atomic E-state index is -0.915. The molecule has 5 nitrogen and oxygen atoms in total. The van der Waals surface area contributed by atoms with Crippen LogP contribution in [-0.4, -0.2) is 29.2 Å². The molecule has 2 N–H and O–H groups in total. The van der Waals surface area contributed by atoms with E-state index >= 15 is 0 Å². The Labute approximate surface area is 135 Å². The fraction of sp³-hybridized carbons (Fsp3) is 0.556. The average molecular weight is 315 g/mol. The summed E-state index contributed by atoms with van der Waals surface area (Å²) in [5.41, 5.74) is 2.45. The van der Waals surface area contributed by atoms with Crippen LogP contribution in [0.25, 0.3) is 0 Å². The van der Waals surface area contributed by atoms with Crippen molar-refractivity contribution in [1.82, 2.24) is 5.32 Å². The molecule has 2 fully saturated rings. The number of rotatable bonds is 3. The fourth-order valence-corrected chi connectivity index (χ4v) is 4.50. The van der Waals surface area contributed by atoms with E-state index in [1.165, 1.54) is 11.1 Å². The van der Waals surface area contributed by atoms with Gasteiger partial charge in [0.15, 0.2) is 0 Å². The van der Waals surface area contributed by atoms with Crippen LogP contribution < -0.4 is 5.32 Å². The molecule has 4 rings (SSSR count). The molecule has 2 aliphatic heterocycles. The standard InChI is InChI=1S/C18H21NO4/c20-17(15-13-8-9-14(23-13)16(15)18(21)22)19-12-7-3-5-10-4-1-2-6-11(10)12/h1-2,4,6,12-16H,3,5,7-9H2,(H,19,20)(H,21,22). The van der Waals surface area contributed by atoms with Crippen molar-refractivity contribution in [3.05, 3.63) is 35.4 Å². The van der Waals surface area contributed by atoms with Gasteiger partial charge in [-0.15, -0.1) is 0 Å². The van der Waals surface area contributed by atoms with Gasteiger partial charge in [0.05, 0.1) is 30.1 Å². The van der Waals surface area contributed by atoms with Crippen molar-refractivity contribution in [2.45, 2.75) is 50.4 Å². The van der Waals surface area contributed by atoms with Gasteiger partial charge in [-0.25, -0.2) is 0 Å². The van der Waals surface area contributed by atoms with Crippen molar-refractivity contribution < 1.29 is 19.4 Å². The van der Waals surface area contributed by atoms with E-state index in [2.05, 4.69) is 17.4 Å². The maximum Gasteiger partial charge on any atom is 0.310 e. The monoisotopic (exact) mass is 315 g/mol. The SMILES string of the molecule is O=C(O)C1C2CCC(O2)C1C(=O)NC1CCCc2ccccc21. The third-order valence-corrected chi connectivity index (χ3v) is 5.55. The molecule has 2 saturated heterocycles. The molecule has 23 heavy (non-hydrogen) atoms. The van der Waals surface area contributed by atoms with Gasteiger partial charge in [-0.1, -0.05) is 24.3 Å². The molecule has 5 unspecified atom stereocenters. The summed E-state index contributed by atoms with van der Waals surface area (Å²) in [5, 5.41) is 12.6. The molecular weight excluding hydrogens is 294 g/mol. The van der Waals surface area contributed by atoms with E-state index in [-0.39, 0.29) is 24.2 Å². The number of ether oxygens (including phenoxy) is 1. The van der Waals surface area contributed by atoms with E-state index in [0.29, 0.717) is 0 Å². The van der Waals surface area contributed by atoms with Gasteiger partial charge in [-0.3, -0.25) is 9.59 Å². The Hall–Kier alpha value is -1.88. The van der Waals surface area contributed by atoms with Crippen molar-refractivity contribution in [2.75, 3.05) is 0 Å². The Balaban J connectivity index is 1.54. The van der Waals surface area contributed by atoms with Gasteiger partial charge in [0.2, 0.25) is 5.91 Å². The topological polar surface area (TPSA) is 75.6 Å². The number of benzene rings is 1. The molecule has 5 atom stereocenters. The zero-order chi connectivity index (χ0) is 16.0. The number of hydrogen-bond acceptors (Lipinski definition) is 3. The van der Waals surface area contributed by atoms with Gasteiger partial charge >= 0.3 is 5.97 Å². The largest absolute Gasteiger partial charge is 0.481 e. The number of carboxylic acid groups (broad SMARTS) is 1. The second kappa shape index (κ2) is 5.64. The Morgan fingerprint density at radius 1 is 1.09 bits per heavy atom. The third kappa shape index (κ3) is 2.43. The zero-order valence-corrected chi connectivity index (χ0v) is 12.9. The van der Waals surface area contributed by atoms with E-state index < -0.39 is 17.8 Å². The lowest BCUT2D eigenvalue weighted by Crippen LogP contribution is -2.45. The number of amides is 1. The predicted molar refractivity (Wildman–Crippen MR) is 82.8 cm³/mol. The highest BCUT2D eigenvalue weighted by Crippen LogP contribution is 2.44. The highest BCUT2D eigenvalue weighted by molar-refractivity contribution is 5.86. The van der Waals surface area contributed by atoms with E-state index in [9.17, 15) is 14.7 Å². The first kappa shape index (κ1) is 14.7. The summed E-state index contributed by atoms with van der Waals surface area (Å²) in [6.07, 6.45) is 3.98. The van der Waals surface area contributed by atoms with Gasteiger partial charge in [0.1, 0.15) is 0 Å². The molecule has 0 radical (unpaired) electrons. The predicted octanol–water partition coefficient (Wildman–Crippen LogP) is 2.06. The minimum absolute atomic E-state index is 0.0129. The molecule has 0 saturated carbocycles. The quantitative estimate of drug-likeness (QED) is 0.895. The average Bonchev–Trinajstić information content (AvgIpc) is 3.16. The second-order valence-electron chi connectivity index (χ2n) is 6.83. The first-order valence-corrected chi connectivity index (χ1v) is 8.41. The van der Waals surface area contributed by atoms with Crippen molar-refractivity contribution in [1.29, 1.82) is 0 Å². The number of hydrogen-bond donors (Lipinski definition) is 2. The Morgan fingerprint density at radius 3 is 2.61 bits per heavy atom. The molecule has 0 aromatic heterocycles. The summed E-state index contributed by atoms with van der Waals surface area (Å²) in [7, 11) is 0. The summed E-state index contributed by atoms with van der Waals surface area (Å²) in [6, 6.07) is 8.16. The van der Waals surface area contributed by atoms with Crippen molar-refractivity contribution >= 4 is 11.9 Å². The van der Waals surface area contributed by atoms with Gasteiger partial charge in [-0.05, 0) is 43.2 Å². The lowest BCUT2D eigenvalue weighted by molar-refractivity contribution is -0.148. The normalized spacial score (nSPS) is 34.9. The van der Waals surface area contributed by atoms with E-state index in [0.717, 1.165) is 32.1 Å². The van der Waals surface area contributed by atoms with Crippen LogP contribution in [0, 0.1) is 11.8 Å². The molecule has 2 heterocycles. The van der Waals surface area contributed by atoms with Crippen LogP contribution in [0.3, 0.4) is 0 Å². The molecule has 1 amide bonds. The molecular formula is C18H21NO4. The maximum absolute atomic E-state index is 12.8. The van der Waals surface area contributed by atoms with E-state index in [1.807, 2.05) is 12.1 Å². The molecule has 0 spiro atoms. The third-order valence-electron chi connectivity index (χ3n) is 5.55. The highest BCUT2D eigenvalue weighted by atomic mass is 16.5. The Kier molecular flexibility index (Phi) is 3.60. The number of carbonyl (C=O) groups is 2. The molecule has 5 heteroatoms. The number of carbonyl (C=O) groups excluding carboxylic acids is 1. The number of aryl methyl sites for hydroxylation is 1. The summed E-state index contributed by atoms with van der Waals surface area (Å²) in [6.45, 7) is 0. The van der Waals surface area contributed by atoms with Crippen molar-refractivity contribution in [3.8, 4) is 0 Å². The van der Waals surface area contributed by atoms with Gasteiger partial charge < -0.3 is 15.2 Å². The van der Waals surface area contributed by atoms with Crippen LogP contribution in [0.2, 0.25) is 0 Å². The van der Waals surface area contributed by atoms with Crippen LogP contribution >= 0.6 is 0 Å². The summed E-state index contributed by atoms with van der Waals surface area (Å²) in [4.78, 5) is 24.3. The first-order chi connectivity index (χ1) is 11.1. The molecule has 3 aliphatic rings. The Morgan fingerprint density at radius 2 is 1.83 bits per heavy atom. The van der Waals surface area contributed by atoms with Crippen LogP contribution in [0.4, 0.5) is 0 Å². The van der Waals surface area contributed by atoms with Crippen LogP contribution in [0.1, 0.15) is 42.9 Å². The fourth-order valence-electron chi connectivity index (χ4n) is 4.50. The van der Waals surface area contributed by atoms with E-state index in [4.69, 9.17) is 4.74 Å². The molecule has 122 valence electrons. The Bertz CT molecular complexity index is 644. The van der Waals surface area contributed by atoms with Crippen LogP contribution in [0.5, 0.6) is 0 Å². The number of aliphatic carboxylic acids is 1. The minimum Gasteiger partial charge on any atom is -0.481 e. The summed E-state index contributed by atoms with van der Waals surface area (Å²) in [5.74, 6) is -2.33. The lowest BCUT2D eigenvalue weighted by atomic mass is 9.78. The maximum atomic E-state index is 12.8. The second-order valence-corrected chi connectivity index (χ2v) is 6.83. The first-order valence-electron chi connectivity index (χ1n) is 8.41. The molecule has 2 bridgehead atoms. The van der Waals surface area contributed by atoms with Gasteiger partial charge in [0, 0.05) is 0 Å².